The standard InChI is InChI=1S/C16H19F3N2O3/c17-16(18,19)12-4-1-3-11(9-12)15(6-7-15)10-21-14(24)20-8-2-5-13(22)23/h1,3-4,9H,2,5-8,10H2,(H,22,23)(H2,20,21,24). The largest absolute Gasteiger partial charge is 0.481 e. The average Bonchev–Trinajstić information content (AvgIpc) is 3.30. The Morgan fingerprint density at radius 2 is 1.92 bits per heavy atom. The van der Waals surface area contributed by atoms with Crippen LogP contribution in [0.5, 0.6) is 0 Å². The maximum absolute atomic E-state index is 12.8. The normalized spacial score (nSPS) is 15.6. The number of nitrogens with one attached hydrogen (secondary N) is 2. The molecular weight excluding hydrogens is 325 g/mol. The summed E-state index contributed by atoms with van der Waals surface area (Å²) in [5.74, 6) is -0.932. The van der Waals surface area contributed by atoms with Crippen LogP contribution in [0.25, 0.3) is 0 Å². The van der Waals surface area contributed by atoms with E-state index in [1.54, 1.807) is 6.07 Å². The van der Waals surface area contributed by atoms with Crippen LogP contribution in [0.2, 0.25) is 0 Å². The Bertz CT molecular complexity index is 613. The summed E-state index contributed by atoms with van der Waals surface area (Å²) in [6.07, 6.45) is -2.67. The van der Waals surface area contributed by atoms with Crippen LogP contribution in [-0.2, 0) is 16.4 Å². The van der Waals surface area contributed by atoms with Gasteiger partial charge in [-0.1, -0.05) is 18.2 Å². The first kappa shape index (κ1) is 18.1. The van der Waals surface area contributed by atoms with Crippen molar-refractivity contribution in [3.8, 4) is 0 Å². The third-order valence-electron chi connectivity index (χ3n) is 4.10. The molecule has 24 heavy (non-hydrogen) atoms. The summed E-state index contributed by atoms with van der Waals surface area (Å²) in [5.41, 5.74) is -0.562. The average molecular weight is 344 g/mol. The number of benzene rings is 1. The topological polar surface area (TPSA) is 78.4 Å². The van der Waals surface area contributed by atoms with E-state index in [1.807, 2.05) is 0 Å². The van der Waals surface area contributed by atoms with Gasteiger partial charge in [0.25, 0.3) is 0 Å². The molecule has 8 heteroatoms. The minimum Gasteiger partial charge on any atom is -0.481 e. The zero-order valence-corrected chi connectivity index (χ0v) is 12.9. The lowest BCUT2D eigenvalue weighted by atomic mass is 9.94. The molecule has 0 radical (unpaired) electrons. The molecule has 2 rings (SSSR count). The summed E-state index contributed by atoms with van der Waals surface area (Å²) in [4.78, 5) is 22.0. The number of carbonyl (C=O) groups excluding carboxylic acids is 1. The van der Waals surface area contributed by atoms with Crippen molar-refractivity contribution >= 4 is 12.0 Å². The van der Waals surface area contributed by atoms with Gasteiger partial charge in [0.2, 0.25) is 0 Å². The highest BCUT2D eigenvalue weighted by Gasteiger charge is 2.45. The van der Waals surface area contributed by atoms with Gasteiger partial charge >= 0.3 is 18.2 Å². The molecule has 3 N–H and O–H groups in total. The fraction of sp³-hybridized carbons (Fsp3) is 0.500. The molecule has 1 aromatic carbocycles. The Morgan fingerprint density at radius 1 is 1.21 bits per heavy atom. The second-order valence-electron chi connectivity index (χ2n) is 5.97. The molecule has 0 heterocycles. The van der Waals surface area contributed by atoms with E-state index < -0.39 is 29.2 Å². The Hall–Kier alpha value is -2.25. The zero-order valence-electron chi connectivity index (χ0n) is 12.9. The monoisotopic (exact) mass is 344 g/mol. The highest BCUT2D eigenvalue weighted by atomic mass is 19.4. The molecule has 0 bridgehead atoms. The van der Waals surface area contributed by atoms with Gasteiger partial charge in [-0.05, 0) is 30.9 Å². The molecule has 0 unspecified atom stereocenters. The van der Waals surface area contributed by atoms with Crippen LogP contribution in [0, 0.1) is 0 Å². The fourth-order valence-corrected chi connectivity index (χ4v) is 2.50. The Labute approximate surface area is 137 Å². The molecule has 1 fully saturated rings. The van der Waals surface area contributed by atoms with E-state index in [4.69, 9.17) is 5.11 Å². The number of amides is 2. The van der Waals surface area contributed by atoms with Gasteiger partial charge in [-0.25, -0.2) is 4.79 Å². The smallest absolute Gasteiger partial charge is 0.416 e. The SMILES string of the molecule is O=C(O)CCCNC(=O)NCC1(c2cccc(C(F)(F)F)c2)CC1. The first-order valence-electron chi connectivity index (χ1n) is 7.64. The number of carboxylic acids is 1. The van der Waals surface area contributed by atoms with E-state index in [1.165, 1.54) is 6.07 Å². The predicted octanol–water partition coefficient (Wildman–Crippen LogP) is 2.90. The fourth-order valence-electron chi connectivity index (χ4n) is 2.50. The summed E-state index contributed by atoms with van der Waals surface area (Å²) in [7, 11) is 0. The van der Waals surface area contributed by atoms with Gasteiger partial charge in [0.1, 0.15) is 0 Å². The molecule has 0 aliphatic heterocycles. The van der Waals surface area contributed by atoms with Crippen LogP contribution in [0.1, 0.15) is 36.8 Å². The van der Waals surface area contributed by atoms with E-state index in [2.05, 4.69) is 10.6 Å². The quantitative estimate of drug-likeness (QED) is 0.666. The van der Waals surface area contributed by atoms with Crippen LogP contribution in [0.3, 0.4) is 0 Å². The minimum absolute atomic E-state index is 0.0333. The van der Waals surface area contributed by atoms with E-state index in [9.17, 15) is 22.8 Å². The van der Waals surface area contributed by atoms with Crippen molar-refractivity contribution < 1.29 is 27.9 Å². The van der Waals surface area contributed by atoms with Gasteiger partial charge in [-0.3, -0.25) is 4.79 Å². The van der Waals surface area contributed by atoms with Crippen molar-refractivity contribution in [3.63, 3.8) is 0 Å². The van der Waals surface area contributed by atoms with E-state index in [-0.39, 0.29) is 19.5 Å². The third-order valence-corrected chi connectivity index (χ3v) is 4.10. The third kappa shape index (κ3) is 4.87. The summed E-state index contributed by atoms with van der Waals surface area (Å²) < 4.78 is 38.4. The van der Waals surface area contributed by atoms with Gasteiger partial charge in [-0.2, -0.15) is 13.2 Å². The molecule has 1 aliphatic rings. The van der Waals surface area contributed by atoms with Crippen molar-refractivity contribution in [2.75, 3.05) is 13.1 Å². The first-order valence-corrected chi connectivity index (χ1v) is 7.64. The summed E-state index contributed by atoms with van der Waals surface area (Å²) in [6, 6.07) is 4.75. The maximum atomic E-state index is 12.8. The number of carboxylic acid groups (broad SMARTS) is 1. The molecular formula is C16H19F3N2O3. The van der Waals surface area contributed by atoms with Crippen LogP contribution in [-0.4, -0.2) is 30.2 Å². The summed E-state index contributed by atoms with van der Waals surface area (Å²) >= 11 is 0. The van der Waals surface area contributed by atoms with Crippen molar-refractivity contribution in [2.45, 2.75) is 37.3 Å². The number of rotatable bonds is 7. The molecule has 5 nitrogen and oxygen atoms in total. The minimum atomic E-state index is -4.39. The highest BCUT2D eigenvalue weighted by molar-refractivity contribution is 5.74. The number of carbonyl (C=O) groups is 2. The molecule has 1 aliphatic carbocycles. The molecule has 2 amide bonds. The summed E-state index contributed by atoms with van der Waals surface area (Å²) in [6.45, 7) is 0.480. The molecule has 132 valence electrons. The summed E-state index contributed by atoms with van der Waals surface area (Å²) in [5, 5.41) is 13.7. The second-order valence-corrected chi connectivity index (χ2v) is 5.97. The van der Waals surface area contributed by atoms with Crippen molar-refractivity contribution in [2.24, 2.45) is 0 Å². The first-order chi connectivity index (χ1) is 11.2. The van der Waals surface area contributed by atoms with E-state index in [0.717, 1.165) is 12.1 Å². The van der Waals surface area contributed by atoms with Crippen LogP contribution < -0.4 is 10.6 Å². The Morgan fingerprint density at radius 3 is 2.50 bits per heavy atom. The molecule has 0 saturated heterocycles. The number of halogens is 3. The van der Waals surface area contributed by atoms with Crippen molar-refractivity contribution in [1.82, 2.24) is 10.6 Å². The number of hydrogen-bond donors (Lipinski definition) is 3. The number of urea groups is 1. The molecule has 1 aromatic rings. The lowest BCUT2D eigenvalue weighted by Crippen LogP contribution is -2.40. The zero-order chi connectivity index (χ0) is 17.8. The van der Waals surface area contributed by atoms with Gasteiger partial charge in [0.15, 0.2) is 0 Å². The van der Waals surface area contributed by atoms with Crippen LogP contribution in [0.4, 0.5) is 18.0 Å². The van der Waals surface area contributed by atoms with Crippen molar-refractivity contribution in [3.05, 3.63) is 35.4 Å². The van der Waals surface area contributed by atoms with Gasteiger partial charge in [0, 0.05) is 24.9 Å². The predicted molar refractivity (Wildman–Crippen MR) is 80.6 cm³/mol. The van der Waals surface area contributed by atoms with Gasteiger partial charge < -0.3 is 15.7 Å². The Kier molecular flexibility index (Phi) is 5.36. The molecule has 0 atom stereocenters. The number of aliphatic carboxylic acids is 1. The van der Waals surface area contributed by atoms with Crippen molar-refractivity contribution in [1.29, 1.82) is 0 Å². The highest BCUT2D eigenvalue weighted by Crippen LogP contribution is 2.48. The molecule has 0 spiro atoms. The van der Waals surface area contributed by atoms with Crippen LogP contribution >= 0.6 is 0 Å². The lowest BCUT2D eigenvalue weighted by molar-refractivity contribution is -0.138. The Balaban J connectivity index is 1.86. The van der Waals surface area contributed by atoms with Gasteiger partial charge in [0.05, 0.1) is 5.56 Å². The van der Waals surface area contributed by atoms with Crippen LogP contribution in [0.15, 0.2) is 24.3 Å². The van der Waals surface area contributed by atoms with Gasteiger partial charge in [-0.15, -0.1) is 0 Å². The lowest BCUT2D eigenvalue weighted by Gasteiger charge is -2.18. The maximum Gasteiger partial charge on any atom is 0.416 e. The van der Waals surface area contributed by atoms with E-state index >= 15 is 0 Å². The number of hydrogen-bond acceptors (Lipinski definition) is 2. The molecule has 0 aromatic heterocycles. The molecule has 1 saturated carbocycles. The van der Waals surface area contributed by atoms with E-state index in [0.29, 0.717) is 24.8 Å². The number of alkyl halides is 3. The second kappa shape index (κ2) is 7.11.